The highest BCUT2D eigenvalue weighted by molar-refractivity contribution is 7.84. The number of hydrogen-bond acceptors (Lipinski definition) is 6. The standard InChI is InChI=1S/C12H18N2O6S/c1-12(2,3)20-11(16)14-10-5-4-9(15)6-8(10)7-19-21(13,17)18/h4-6,15H,7H2,1-3H3,(H,14,16)(H2,13,17,18). The molecule has 1 aromatic rings. The zero-order valence-corrected chi connectivity index (χ0v) is 12.7. The summed E-state index contributed by atoms with van der Waals surface area (Å²) in [6, 6.07) is 3.96. The van der Waals surface area contributed by atoms with Crippen molar-refractivity contribution in [1.29, 1.82) is 0 Å². The Bertz CT molecular complexity index is 621. The first-order valence-electron chi connectivity index (χ1n) is 5.95. The minimum atomic E-state index is -4.13. The Morgan fingerprint density at radius 2 is 2.00 bits per heavy atom. The SMILES string of the molecule is CC(C)(C)OC(=O)Nc1ccc(O)cc1COS(N)(=O)=O. The van der Waals surface area contributed by atoms with Gasteiger partial charge in [0.25, 0.3) is 0 Å². The largest absolute Gasteiger partial charge is 0.508 e. The average molecular weight is 318 g/mol. The fourth-order valence-electron chi connectivity index (χ4n) is 1.38. The highest BCUT2D eigenvalue weighted by Gasteiger charge is 2.18. The number of carbonyl (C=O) groups excluding carboxylic acids is 1. The molecule has 21 heavy (non-hydrogen) atoms. The van der Waals surface area contributed by atoms with Crippen LogP contribution in [-0.2, 0) is 25.8 Å². The molecule has 0 saturated heterocycles. The molecule has 1 rings (SSSR count). The molecule has 0 heterocycles. The number of ether oxygens (including phenoxy) is 1. The molecule has 1 aromatic carbocycles. The summed E-state index contributed by atoms with van der Waals surface area (Å²) in [5.41, 5.74) is -0.210. The molecule has 0 bridgehead atoms. The number of amides is 1. The molecule has 1 amide bonds. The minimum absolute atomic E-state index is 0.113. The fraction of sp³-hybridized carbons (Fsp3) is 0.417. The van der Waals surface area contributed by atoms with Crippen molar-refractivity contribution in [1.82, 2.24) is 0 Å². The molecule has 8 nitrogen and oxygen atoms in total. The van der Waals surface area contributed by atoms with Crippen LogP contribution in [-0.4, -0.2) is 25.2 Å². The van der Waals surface area contributed by atoms with Gasteiger partial charge in [0.2, 0.25) is 0 Å². The lowest BCUT2D eigenvalue weighted by Gasteiger charge is -2.20. The van der Waals surface area contributed by atoms with Crippen LogP contribution in [0.2, 0.25) is 0 Å². The van der Waals surface area contributed by atoms with Crippen LogP contribution in [0.1, 0.15) is 26.3 Å². The number of phenolic OH excluding ortho intramolecular Hbond substituents is 1. The molecule has 0 radical (unpaired) electrons. The van der Waals surface area contributed by atoms with E-state index >= 15 is 0 Å². The van der Waals surface area contributed by atoms with E-state index in [2.05, 4.69) is 9.50 Å². The molecular weight excluding hydrogens is 300 g/mol. The van der Waals surface area contributed by atoms with E-state index in [1.54, 1.807) is 20.8 Å². The van der Waals surface area contributed by atoms with Crippen molar-refractivity contribution in [2.45, 2.75) is 33.0 Å². The predicted molar refractivity (Wildman–Crippen MR) is 75.9 cm³/mol. The number of nitrogens with two attached hydrogens (primary N) is 1. The van der Waals surface area contributed by atoms with Crippen LogP contribution in [0.25, 0.3) is 0 Å². The molecule has 0 atom stereocenters. The highest BCUT2D eigenvalue weighted by Crippen LogP contribution is 2.23. The quantitative estimate of drug-likeness (QED) is 0.721. The minimum Gasteiger partial charge on any atom is -0.508 e. The first-order chi connectivity index (χ1) is 9.46. The second kappa shape index (κ2) is 6.29. The second-order valence-corrected chi connectivity index (χ2v) is 6.44. The summed E-state index contributed by atoms with van der Waals surface area (Å²) in [7, 11) is -4.13. The molecule has 4 N–H and O–H groups in total. The zero-order valence-electron chi connectivity index (χ0n) is 11.9. The van der Waals surface area contributed by atoms with Gasteiger partial charge in [0, 0.05) is 11.3 Å². The van der Waals surface area contributed by atoms with Crippen molar-refractivity contribution < 1.29 is 27.2 Å². The summed E-state index contributed by atoms with van der Waals surface area (Å²) in [4.78, 5) is 11.7. The Hall–Kier alpha value is -1.84. The Labute approximate surface area is 123 Å². The number of aromatic hydroxyl groups is 1. The number of nitrogens with one attached hydrogen (secondary N) is 1. The molecule has 0 aliphatic carbocycles. The van der Waals surface area contributed by atoms with Crippen LogP contribution < -0.4 is 10.5 Å². The van der Waals surface area contributed by atoms with Crippen LogP contribution in [0.4, 0.5) is 10.5 Å². The van der Waals surface area contributed by atoms with E-state index in [0.29, 0.717) is 0 Å². The van der Waals surface area contributed by atoms with Crippen molar-refractivity contribution in [3.8, 4) is 5.75 Å². The third-order valence-corrected chi connectivity index (χ3v) is 2.55. The third-order valence-electron chi connectivity index (χ3n) is 2.10. The van der Waals surface area contributed by atoms with Gasteiger partial charge < -0.3 is 9.84 Å². The predicted octanol–water partition coefficient (Wildman–Crippen LogP) is 1.46. The molecule has 0 fully saturated rings. The monoisotopic (exact) mass is 318 g/mol. The lowest BCUT2D eigenvalue weighted by molar-refractivity contribution is 0.0635. The van der Waals surface area contributed by atoms with E-state index in [4.69, 9.17) is 9.88 Å². The van der Waals surface area contributed by atoms with Crippen LogP contribution in [0, 0.1) is 0 Å². The van der Waals surface area contributed by atoms with E-state index in [9.17, 15) is 18.3 Å². The number of benzene rings is 1. The zero-order chi connectivity index (χ0) is 16.3. The second-order valence-electron chi connectivity index (χ2n) is 5.22. The molecule has 0 spiro atoms. The van der Waals surface area contributed by atoms with Gasteiger partial charge in [-0.05, 0) is 39.0 Å². The average Bonchev–Trinajstić information content (AvgIpc) is 2.26. The van der Waals surface area contributed by atoms with Crippen LogP contribution in [0.15, 0.2) is 18.2 Å². The first kappa shape index (κ1) is 17.2. The van der Waals surface area contributed by atoms with Crippen molar-refractivity contribution >= 4 is 22.1 Å². The lowest BCUT2D eigenvalue weighted by Crippen LogP contribution is -2.27. The maximum absolute atomic E-state index is 11.7. The van der Waals surface area contributed by atoms with Crippen molar-refractivity contribution in [2.24, 2.45) is 5.14 Å². The van der Waals surface area contributed by atoms with Crippen molar-refractivity contribution in [2.75, 3.05) is 5.32 Å². The summed E-state index contributed by atoms with van der Waals surface area (Å²) in [6.07, 6.45) is -0.718. The van der Waals surface area contributed by atoms with E-state index in [1.165, 1.54) is 18.2 Å². The Morgan fingerprint density at radius 1 is 1.38 bits per heavy atom. The number of anilines is 1. The summed E-state index contributed by atoms with van der Waals surface area (Å²) in [5.74, 6) is -0.113. The van der Waals surface area contributed by atoms with Crippen LogP contribution >= 0.6 is 0 Å². The summed E-state index contributed by atoms with van der Waals surface area (Å²) in [6.45, 7) is 4.68. The van der Waals surface area contributed by atoms with E-state index < -0.39 is 28.6 Å². The summed E-state index contributed by atoms with van der Waals surface area (Å²) in [5, 5.41) is 16.6. The molecule has 0 saturated carbocycles. The molecular formula is C12H18N2O6S. The Morgan fingerprint density at radius 3 is 2.52 bits per heavy atom. The molecule has 0 aromatic heterocycles. The van der Waals surface area contributed by atoms with Crippen LogP contribution in [0.5, 0.6) is 5.75 Å². The van der Waals surface area contributed by atoms with Crippen molar-refractivity contribution in [3.05, 3.63) is 23.8 Å². The van der Waals surface area contributed by atoms with Gasteiger partial charge in [-0.15, -0.1) is 0 Å². The fourth-order valence-corrected chi connectivity index (χ4v) is 1.67. The third kappa shape index (κ3) is 6.93. The van der Waals surface area contributed by atoms with Gasteiger partial charge in [-0.25, -0.2) is 9.93 Å². The van der Waals surface area contributed by atoms with Gasteiger partial charge in [0.1, 0.15) is 11.4 Å². The number of hydrogen-bond donors (Lipinski definition) is 3. The molecule has 118 valence electrons. The molecule has 0 aliphatic heterocycles. The van der Waals surface area contributed by atoms with Crippen LogP contribution in [0.3, 0.4) is 0 Å². The topological polar surface area (TPSA) is 128 Å². The highest BCUT2D eigenvalue weighted by atomic mass is 32.2. The lowest BCUT2D eigenvalue weighted by atomic mass is 10.2. The van der Waals surface area contributed by atoms with E-state index in [-0.39, 0.29) is 17.0 Å². The van der Waals surface area contributed by atoms with E-state index in [1.807, 2.05) is 0 Å². The Balaban J connectivity index is 2.89. The Kier molecular flexibility index (Phi) is 5.15. The number of rotatable bonds is 4. The molecule has 9 heteroatoms. The van der Waals surface area contributed by atoms with Gasteiger partial charge >= 0.3 is 16.4 Å². The van der Waals surface area contributed by atoms with Crippen molar-refractivity contribution in [3.63, 3.8) is 0 Å². The maximum Gasteiger partial charge on any atom is 0.412 e. The first-order valence-corrected chi connectivity index (χ1v) is 7.42. The van der Waals surface area contributed by atoms with Gasteiger partial charge in [-0.2, -0.15) is 8.42 Å². The molecule has 0 aliphatic rings. The summed E-state index contributed by atoms with van der Waals surface area (Å²) < 4.78 is 31.1. The van der Waals surface area contributed by atoms with Gasteiger partial charge in [-0.1, -0.05) is 0 Å². The molecule has 0 unspecified atom stereocenters. The normalized spacial score (nSPS) is 12.0. The maximum atomic E-state index is 11.7. The number of phenols is 1. The van der Waals surface area contributed by atoms with Gasteiger partial charge in [0.15, 0.2) is 0 Å². The smallest absolute Gasteiger partial charge is 0.412 e. The number of carbonyl (C=O) groups is 1. The van der Waals surface area contributed by atoms with Gasteiger partial charge in [-0.3, -0.25) is 9.50 Å². The van der Waals surface area contributed by atoms with E-state index in [0.717, 1.165) is 0 Å². The van der Waals surface area contributed by atoms with Gasteiger partial charge in [0.05, 0.1) is 6.61 Å². The summed E-state index contributed by atoms with van der Waals surface area (Å²) >= 11 is 0.